The Labute approximate surface area is 138 Å². The van der Waals surface area contributed by atoms with E-state index in [1.165, 1.54) is 12.4 Å². The number of aromatic hydroxyl groups is 1. The van der Waals surface area contributed by atoms with Crippen LogP contribution in [0.2, 0.25) is 5.02 Å². The molecule has 0 saturated carbocycles. The summed E-state index contributed by atoms with van der Waals surface area (Å²) in [6.45, 7) is 3.92. The van der Waals surface area contributed by atoms with E-state index in [-0.39, 0.29) is 16.9 Å². The van der Waals surface area contributed by atoms with Gasteiger partial charge in [-0.25, -0.2) is 9.97 Å². The molecule has 0 radical (unpaired) electrons. The van der Waals surface area contributed by atoms with Crippen molar-refractivity contribution in [1.82, 2.24) is 9.97 Å². The highest BCUT2D eigenvalue weighted by molar-refractivity contribution is 6.34. The number of phenols is 1. The molecule has 0 saturated heterocycles. The Kier molecular flexibility index (Phi) is 4.21. The van der Waals surface area contributed by atoms with Crippen molar-refractivity contribution in [3.8, 4) is 11.5 Å². The van der Waals surface area contributed by atoms with Crippen LogP contribution >= 0.6 is 11.6 Å². The van der Waals surface area contributed by atoms with Gasteiger partial charge in [0.25, 0.3) is 0 Å². The molecule has 0 aliphatic rings. The van der Waals surface area contributed by atoms with Crippen LogP contribution in [0.15, 0.2) is 42.7 Å². The summed E-state index contributed by atoms with van der Waals surface area (Å²) in [7, 11) is 0. The van der Waals surface area contributed by atoms with Crippen LogP contribution in [0.3, 0.4) is 0 Å². The number of benzene rings is 2. The third-order valence-electron chi connectivity index (χ3n) is 3.22. The Morgan fingerprint density at radius 2 is 1.91 bits per heavy atom. The maximum atomic E-state index is 9.74. The van der Waals surface area contributed by atoms with E-state index in [1.807, 2.05) is 32.0 Å². The molecule has 3 rings (SSSR count). The molecule has 0 spiro atoms. The zero-order chi connectivity index (χ0) is 16.4. The molecule has 0 fully saturated rings. The van der Waals surface area contributed by atoms with Gasteiger partial charge in [-0.15, -0.1) is 0 Å². The molecule has 118 valence electrons. The van der Waals surface area contributed by atoms with Gasteiger partial charge in [0.15, 0.2) is 0 Å². The fourth-order valence-electron chi connectivity index (χ4n) is 2.27. The van der Waals surface area contributed by atoms with E-state index >= 15 is 0 Å². The fraction of sp³-hybridized carbons (Fsp3) is 0.176. The average molecular weight is 330 g/mol. The number of nitrogens with zero attached hydrogens (tertiary/aromatic N) is 2. The number of phenolic OH excluding ortho intramolecular Hbond substituents is 1. The second-order valence-corrected chi connectivity index (χ2v) is 5.68. The van der Waals surface area contributed by atoms with Crippen LogP contribution in [-0.4, -0.2) is 21.2 Å². The number of fused-ring (bicyclic) bond motifs is 1. The van der Waals surface area contributed by atoms with E-state index in [9.17, 15) is 5.11 Å². The number of hydrogen-bond acceptors (Lipinski definition) is 5. The van der Waals surface area contributed by atoms with Crippen molar-refractivity contribution in [3.63, 3.8) is 0 Å². The molecule has 6 heteroatoms. The third-order valence-corrected chi connectivity index (χ3v) is 3.62. The van der Waals surface area contributed by atoms with Gasteiger partial charge in [-0.2, -0.15) is 0 Å². The van der Waals surface area contributed by atoms with Crippen LogP contribution in [0, 0.1) is 0 Å². The van der Waals surface area contributed by atoms with E-state index in [2.05, 4.69) is 15.3 Å². The molecule has 23 heavy (non-hydrogen) atoms. The highest BCUT2D eigenvalue weighted by Gasteiger charge is 2.13. The Hall–Kier alpha value is -2.53. The summed E-state index contributed by atoms with van der Waals surface area (Å²) in [5.41, 5.74) is 1.32. The molecule has 3 aromatic rings. The van der Waals surface area contributed by atoms with Crippen molar-refractivity contribution in [2.45, 2.75) is 20.0 Å². The smallest absolute Gasteiger partial charge is 0.145 e. The van der Waals surface area contributed by atoms with Crippen LogP contribution in [0.4, 0.5) is 11.5 Å². The van der Waals surface area contributed by atoms with Crippen molar-refractivity contribution in [1.29, 1.82) is 0 Å². The number of anilines is 2. The molecule has 2 N–H and O–H groups in total. The lowest BCUT2D eigenvalue weighted by Gasteiger charge is -2.15. The summed E-state index contributed by atoms with van der Waals surface area (Å²) >= 11 is 6.13. The van der Waals surface area contributed by atoms with Crippen molar-refractivity contribution < 1.29 is 9.84 Å². The number of ether oxygens (including phenoxy) is 1. The van der Waals surface area contributed by atoms with E-state index < -0.39 is 0 Å². The molecule has 1 aromatic heterocycles. The van der Waals surface area contributed by atoms with Crippen LogP contribution in [0.5, 0.6) is 11.5 Å². The molecule has 0 unspecified atom stereocenters. The van der Waals surface area contributed by atoms with Crippen molar-refractivity contribution in [3.05, 3.63) is 47.7 Å². The summed E-state index contributed by atoms with van der Waals surface area (Å²) in [6, 6.07) is 10.7. The fourth-order valence-corrected chi connectivity index (χ4v) is 2.44. The highest BCUT2D eigenvalue weighted by Crippen LogP contribution is 2.36. The first-order valence-corrected chi connectivity index (χ1v) is 7.59. The van der Waals surface area contributed by atoms with Crippen LogP contribution < -0.4 is 10.1 Å². The molecule has 0 amide bonds. The topological polar surface area (TPSA) is 67.3 Å². The number of halogens is 1. The first-order valence-electron chi connectivity index (χ1n) is 7.21. The first-order chi connectivity index (χ1) is 11.1. The van der Waals surface area contributed by atoms with Gasteiger partial charge in [-0.1, -0.05) is 23.7 Å². The molecular formula is C17H16ClN3O2. The van der Waals surface area contributed by atoms with Gasteiger partial charge in [-0.05, 0) is 38.1 Å². The van der Waals surface area contributed by atoms with E-state index in [0.29, 0.717) is 17.3 Å². The first kappa shape index (κ1) is 15.4. The SMILES string of the molecule is CC(C)Oc1cccc2ncnc(Nc3cccc(O)c3Cl)c12. The summed E-state index contributed by atoms with van der Waals surface area (Å²) in [6.07, 6.45) is 1.50. The maximum Gasteiger partial charge on any atom is 0.145 e. The minimum absolute atomic E-state index is 0.00804. The van der Waals surface area contributed by atoms with Crippen LogP contribution in [0.25, 0.3) is 10.9 Å². The molecule has 5 nitrogen and oxygen atoms in total. The zero-order valence-corrected chi connectivity index (χ0v) is 13.5. The zero-order valence-electron chi connectivity index (χ0n) is 12.7. The second-order valence-electron chi connectivity index (χ2n) is 5.30. The number of nitrogens with one attached hydrogen (secondary N) is 1. The van der Waals surface area contributed by atoms with Gasteiger partial charge in [0.05, 0.1) is 22.7 Å². The predicted molar refractivity (Wildman–Crippen MR) is 91.7 cm³/mol. The standard InChI is InChI=1S/C17H16ClN3O2/c1-10(2)23-14-8-4-5-11-15(14)17(20-9-19-11)21-12-6-3-7-13(22)16(12)18/h3-10,22H,1-2H3,(H,19,20,21). The predicted octanol–water partition coefficient (Wildman–Crippen LogP) is 4.52. The van der Waals surface area contributed by atoms with E-state index in [1.54, 1.807) is 12.1 Å². The quantitative estimate of drug-likeness (QED) is 0.736. The molecular weight excluding hydrogens is 314 g/mol. The van der Waals surface area contributed by atoms with Gasteiger partial charge in [0.1, 0.15) is 28.7 Å². The van der Waals surface area contributed by atoms with Gasteiger partial charge in [0.2, 0.25) is 0 Å². The summed E-state index contributed by atoms with van der Waals surface area (Å²) in [5.74, 6) is 1.27. The maximum absolute atomic E-state index is 9.74. The number of aromatic nitrogens is 2. The average Bonchev–Trinajstić information content (AvgIpc) is 2.51. The van der Waals surface area contributed by atoms with E-state index in [4.69, 9.17) is 16.3 Å². The van der Waals surface area contributed by atoms with Gasteiger partial charge < -0.3 is 15.2 Å². The Morgan fingerprint density at radius 3 is 2.70 bits per heavy atom. The van der Waals surface area contributed by atoms with Crippen molar-refractivity contribution in [2.75, 3.05) is 5.32 Å². The lowest BCUT2D eigenvalue weighted by Crippen LogP contribution is -2.07. The van der Waals surface area contributed by atoms with Gasteiger partial charge >= 0.3 is 0 Å². The van der Waals surface area contributed by atoms with E-state index in [0.717, 1.165) is 10.9 Å². The Bertz CT molecular complexity index is 847. The number of rotatable bonds is 4. The monoisotopic (exact) mass is 329 g/mol. The van der Waals surface area contributed by atoms with Crippen LogP contribution in [-0.2, 0) is 0 Å². The number of hydrogen-bond donors (Lipinski definition) is 2. The third kappa shape index (κ3) is 3.14. The molecule has 0 bridgehead atoms. The Morgan fingerprint density at radius 1 is 1.13 bits per heavy atom. The normalized spacial score (nSPS) is 11.0. The Balaban J connectivity index is 2.12. The summed E-state index contributed by atoms with van der Waals surface area (Å²) < 4.78 is 5.86. The minimum atomic E-state index is 0.00804. The summed E-state index contributed by atoms with van der Waals surface area (Å²) in [5, 5.41) is 13.9. The molecule has 2 aromatic carbocycles. The lowest BCUT2D eigenvalue weighted by molar-refractivity contribution is 0.245. The molecule has 0 aliphatic carbocycles. The molecule has 1 heterocycles. The lowest BCUT2D eigenvalue weighted by atomic mass is 10.2. The molecule has 0 aliphatic heterocycles. The molecule has 0 atom stereocenters. The van der Waals surface area contributed by atoms with Gasteiger partial charge in [0, 0.05) is 0 Å². The highest BCUT2D eigenvalue weighted by atomic mass is 35.5. The minimum Gasteiger partial charge on any atom is -0.506 e. The largest absolute Gasteiger partial charge is 0.506 e. The van der Waals surface area contributed by atoms with Crippen molar-refractivity contribution in [2.24, 2.45) is 0 Å². The van der Waals surface area contributed by atoms with Crippen LogP contribution in [0.1, 0.15) is 13.8 Å². The van der Waals surface area contributed by atoms with Gasteiger partial charge in [-0.3, -0.25) is 0 Å². The summed E-state index contributed by atoms with van der Waals surface area (Å²) in [4.78, 5) is 8.58. The second kappa shape index (κ2) is 6.30. The van der Waals surface area contributed by atoms with Crippen molar-refractivity contribution >= 4 is 34.0 Å².